The Hall–Kier alpha value is -9.91. The average molecular weight is 2190 g/mol. The van der Waals surface area contributed by atoms with Crippen LogP contribution >= 0.6 is 0 Å². The number of aliphatic imine (C=N–C) groups is 1. The fourth-order valence-electron chi connectivity index (χ4n) is 9.26. The van der Waals surface area contributed by atoms with Gasteiger partial charge in [0.15, 0.2) is 0 Å². The molecule has 0 spiro atoms. The predicted octanol–water partition coefficient (Wildman–Crippen LogP) is 16.9. The summed E-state index contributed by atoms with van der Waals surface area (Å²) in [4.78, 5) is 59.4. The van der Waals surface area contributed by atoms with Crippen molar-refractivity contribution in [3.63, 3.8) is 0 Å². The minimum Gasteiger partial charge on any atom is -0.650 e. The zero-order valence-electron chi connectivity index (χ0n) is 59.7. The second kappa shape index (κ2) is 47.8. The van der Waals surface area contributed by atoms with Crippen LogP contribution in [0.5, 0.6) is 5.75 Å². The normalized spacial score (nSPS) is 11.4. The van der Waals surface area contributed by atoms with E-state index in [1.54, 1.807) is 92.8 Å². The molecule has 1 aliphatic rings. The number of para-hydroxylation sites is 1. The van der Waals surface area contributed by atoms with Crippen molar-refractivity contribution in [2.24, 2.45) is 4.99 Å². The largest absolute Gasteiger partial charge is 0.650 e. The number of pyridine rings is 2. The first-order chi connectivity index (χ1) is 50.3. The van der Waals surface area contributed by atoms with Crippen LogP contribution < -0.4 is 5.10 Å². The van der Waals surface area contributed by atoms with Crippen molar-refractivity contribution in [3.8, 4) is 73.6 Å². The molecule has 18 nitrogen and oxygen atoms in total. The van der Waals surface area contributed by atoms with E-state index >= 15 is 0 Å². The molecule has 0 amide bonds. The molecule has 0 aliphatic carbocycles. The maximum absolute atomic E-state index is 12.7. The number of carbonyl (C=O) groups is 1. The topological polar surface area (TPSA) is 253 Å². The van der Waals surface area contributed by atoms with Crippen molar-refractivity contribution in [1.29, 1.82) is 0 Å². The maximum atomic E-state index is 12.7. The van der Waals surface area contributed by atoms with Crippen molar-refractivity contribution in [3.05, 3.63) is 311 Å². The molecule has 14 rings (SSSR count). The number of hydrogen-bond donors (Lipinski definition) is 2. The molecule has 574 valence electrons. The van der Waals surface area contributed by atoms with Gasteiger partial charge in [-0.3, -0.25) is 57.4 Å². The van der Waals surface area contributed by atoms with Gasteiger partial charge in [0.05, 0.1) is 28.5 Å². The summed E-state index contributed by atoms with van der Waals surface area (Å²) in [7, 11) is 1.67. The molecule has 13 aromatic rings. The summed E-state index contributed by atoms with van der Waals surface area (Å²) >= 11 is 0. The summed E-state index contributed by atoms with van der Waals surface area (Å²) in [5.41, 5.74) is 15.9. The molecule has 6 aromatic carbocycles. The van der Waals surface area contributed by atoms with Gasteiger partial charge in [0.1, 0.15) is 11.6 Å². The second-order valence-electron chi connectivity index (χ2n) is 22.5. The summed E-state index contributed by atoms with van der Waals surface area (Å²) in [6, 6.07) is 57.0. The van der Waals surface area contributed by atoms with E-state index in [4.69, 9.17) is 10.2 Å². The van der Waals surface area contributed by atoms with Crippen molar-refractivity contribution in [2.75, 3.05) is 13.6 Å². The van der Waals surface area contributed by atoms with E-state index < -0.39 is 24.0 Å². The number of phenolic OH excluding ortho intramolecular Hbond substituents is 1. The number of aromatic hydroxyl groups is 1. The van der Waals surface area contributed by atoms with Gasteiger partial charge in [0, 0.05) is 205 Å². The number of nitrogens with zero attached hydrogens (tertiary/aromatic N) is 15. The first-order valence-corrected chi connectivity index (χ1v) is 32.1. The Balaban J connectivity index is 0.000000323. The number of carboxylic acid groups (broad SMARTS) is 1. The molecule has 2 N–H and O–H groups in total. The number of halogens is 7. The van der Waals surface area contributed by atoms with Crippen LogP contribution in [-0.4, -0.2) is 102 Å². The van der Waals surface area contributed by atoms with E-state index in [0.717, 1.165) is 127 Å². The number of benzene rings is 6. The van der Waals surface area contributed by atoms with E-state index in [-0.39, 0.29) is 121 Å². The molecular formula is C80H69F7Ir4N15O3-7. The van der Waals surface area contributed by atoms with E-state index in [9.17, 15) is 35.5 Å². The third-order valence-corrected chi connectivity index (χ3v) is 14.1. The Kier molecular flexibility index (Phi) is 40.9. The maximum Gasteiger partial charge on any atom is 0.429 e. The number of rotatable bonds is 8. The quantitative estimate of drug-likeness (QED) is 0.0815. The van der Waals surface area contributed by atoms with Crippen LogP contribution in [-0.2, 0) is 91.4 Å². The number of aliphatic carboxylic acids is 1. The fourth-order valence-corrected chi connectivity index (χ4v) is 9.26. The SMILES string of the molecule is CN=Cc1ccccc1O.Cc1cnc(-c2[c-]cc(F)cc2)c(C)n1.Cc1cnc(-c2[c-]cc(F)cc2)c(C)n1.Cc1cnc(-c2[c-]cc(F)cc2)c(C)n1.Cc1cnc(-c2[c-]cc(F)cc2)c(C)n1.FC(F)(F)c1n[n-]c(-c2ccccn2)n1.O=C(O)C1CCC[N-]1.[Ir].[Ir].[Ir].[Ir].[c-]1ccccc1-c1ccccn1. The third kappa shape index (κ3) is 31.3. The van der Waals surface area contributed by atoms with E-state index in [2.05, 4.69) is 106 Å². The zero-order valence-corrected chi connectivity index (χ0v) is 69.3. The van der Waals surface area contributed by atoms with Crippen molar-refractivity contribution in [1.82, 2.24) is 65.0 Å². The zero-order chi connectivity index (χ0) is 75.8. The van der Waals surface area contributed by atoms with Crippen LogP contribution in [0, 0.1) is 109 Å². The van der Waals surface area contributed by atoms with Gasteiger partial charge in [-0.05, 0) is 103 Å². The molecule has 1 unspecified atom stereocenters. The van der Waals surface area contributed by atoms with Gasteiger partial charge < -0.3 is 50.5 Å². The number of phenols is 1. The molecule has 0 bridgehead atoms. The molecule has 1 aliphatic heterocycles. The molecule has 4 radical (unpaired) electrons. The van der Waals surface area contributed by atoms with Crippen LogP contribution in [0.4, 0.5) is 30.7 Å². The van der Waals surface area contributed by atoms with Crippen LogP contribution in [0.3, 0.4) is 0 Å². The van der Waals surface area contributed by atoms with Gasteiger partial charge in [0.25, 0.3) is 5.97 Å². The van der Waals surface area contributed by atoms with Gasteiger partial charge in [-0.2, -0.15) is 13.2 Å². The smallest absolute Gasteiger partial charge is 0.429 e. The Morgan fingerprint density at radius 3 is 1.16 bits per heavy atom. The Labute approximate surface area is 681 Å². The summed E-state index contributed by atoms with van der Waals surface area (Å²) in [5, 5.41) is 27.6. The molecule has 1 saturated heterocycles. The number of aromatic nitrogens is 13. The number of hydrogen-bond acceptors (Lipinski definition) is 15. The van der Waals surface area contributed by atoms with E-state index in [0.29, 0.717) is 0 Å². The summed E-state index contributed by atoms with van der Waals surface area (Å²) in [6.07, 6.45) is 8.73. The summed E-state index contributed by atoms with van der Waals surface area (Å²) < 4.78 is 87.2. The molecule has 1 fully saturated rings. The minimum absolute atomic E-state index is 0. The van der Waals surface area contributed by atoms with Gasteiger partial charge >= 0.3 is 6.18 Å². The number of carboxylic acids is 1. The van der Waals surface area contributed by atoms with Crippen LogP contribution in [0.2, 0.25) is 0 Å². The molecule has 109 heavy (non-hydrogen) atoms. The molecule has 0 saturated carbocycles. The first kappa shape index (κ1) is 93.3. The Morgan fingerprint density at radius 2 is 0.872 bits per heavy atom. The molecule has 7 aromatic heterocycles. The van der Waals surface area contributed by atoms with Gasteiger partial charge in [-0.1, -0.05) is 43.2 Å². The summed E-state index contributed by atoms with van der Waals surface area (Å²) in [6.45, 7) is 15.8. The third-order valence-electron chi connectivity index (χ3n) is 14.1. The minimum atomic E-state index is -4.57. The predicted molar refractivity (Wildman–Crippen MR) is 386 cm³/mol. The first-order valence-electron chi connectivity index (χ1n) is 32.1. The van der Waals surface area contributed by atoms with E-state index in [1.807, 2.05) is 110 Å². The van der Waals surface area contributed by atoms with Crippen molar-refractivity contribution in [2.45, 2.75) is 80.4 Å². The Bertz CT molecular complexity index is 4460. The van der Waals surface area contributed by atoms with E-state index in [1.165, 1.54) is 60.8 Å². The standard InChI is InChI=1S/4C12H10FN2.C11H8N.C8H4F3N4.C8H9NO.C5H8NO2.4Ir/c4*1-8-7-14-12(9(2)15-8)10-3-5-11(13)6-4-10;1-2-6-10(7-3-1)11-8-4-5-9-12-11;9-8(10,11)7-13-6(14-15-7)5-3-1-2-4-12-5;1-9-6-7-4-2-3-5-8(7)10;7-5(8)4-2-1-3-6-4;;;;/h4*3,5-7H,1-2H3;1-6,8-9H;1-4H;2-6,10H,1H3;4H,1-3H2,(H,7,8);;;;/q6*-1;;-1;;;;. The van der Waals surface area contributed by atoms with Crippen molar-refractivity contribution >= 4 is 12.2 Å². The van der Waals surface area contributed by atoms with Gasteiger partial charge in [-0.25, -0.2) is 0 Å². The van der Waals surface area contributed by atoms with Crippen molar-refractivity contribution < 1.29 is 126 Å². The van der Waals surface area contributed by atoms with Gasteiger partial charge in [-0.15, -0.1) is 162 Å². The van der Waals surface area contributed by atoms with Crippen LogP contribution in [0.25, 0.3) is 73.1 Å². The van der Waals surface area contributed by atoms with Crippen LogP contribution in [0.15, 0.2) is 200 Å². The number of aryl methyl sites for hydroxylation is 8. The Morgan fingerprint density at radius 1 is 0.486 bits per heavy atom. The fraction of sp³-hybridized carbons (Fsp3) is 0.175. The monoisotopic (exact) mass is 2190 g/mol. The average Bonchev–Trinajstić information content (AvgIpc) is 1.73. The molecule has 1 atom stereocenters. The van der Waals surface area contributed by atoms with Gasteiger partial charge in [0.2, 0.25) is 0 Å². The summed E-state index contributed by atoms with van der Waals surface area (Å²) in [5.74, 6) is -3.05. The van der Waals surface area contributed by atoms with Crippen LogP contribution in [0.1, 0.15) is 69.8 Å². The molecule has 29 heteroatoms. The second-order valence-corrected chi connectivity index (χ2v) is 22.5. The number of alkyl halides is 3. The molecule has 8 heterocycles. The molecular weight excluding hydrogens is 2120 g/mol.